The quantitative estimate of drug-likeness (QED) is 0.320. The fourth-order valence-corrected chi connectivity index (χ4v) is 3.51. The number of hydrogen-bond acceptors (Lipinski definition) is 9. The predicted octanol–water partition coefficient (Wildman–Crippen LogP) is 0.562. The van der Waals surface area contributed by atoms with Gasteiger partial charge in [0.25, 0.3) is 17.7 Å². The Morgan fingerprint density at radius 2 is 2.03 bits per heavy atom. The van der Waals surface area contributed by atoms with Crippen molar-refractivity contribution < 1.29 is 38.1 Å². The summed E-state index contributed by atoms with van der Waals surface area (Å²) in [6, 6.07) is 4.62. The van der Waals surface area contributed by atoms with Gasteiger partial charge in [0, 0.05) is 12.6 Å². The maximum atomic E-state index is 14.3. The van der Waals surface area contributed by atoms with E-state index in [4.69, 9.17) is 9.47 Å². The molecule has 1 aliphatic rings. The van der Waals surface area contributed by atoms with Gasteiger partial charge in [0.1, 0.15) is 22.7 Å². The Balaban J connectivity index is 1.54. The summed E-state index contributed by atoms with van der Waals surface area (Å²) in [7, 11) is 0. The van der Waals surface area contributed by atoms with Crippen LogP contribution in [0.25, 0.3) is 5.65 Å². The molecule has 3 aromatic rings. The Hall–Kier alpha value is -4.59. The van der Waals surface area contributed by atoms with E-state index < -0.39 is 47.5 Å². The summed E-state index contributed by atoms with van der Waals surface area (Å²) in [5.74, 6) is -3.23. The highest BCUT2D eigenvalue weighted by molar-refractivity contribution is 5.99. The zero-order chi connectivity index (χ0) is 27.6. The molecule has 0 aliphatic carbocycles. The van der Waals surface area contributed by atoms with Crippen molar-refractivity contribution in [1.82, 2.24) is 25.2 Å². The average Bonchev–Trinajstić information content (AvgIpc) is 3.24. The van der Waals surface area contributed by atoms with Crippen LogP contribution in [0.2, 0.25) is 0 Å². The van der Waals surface area contributed by atoms with E-state index in [0.29, 0.717) is 17.0 Å². The number of aliphatic hydroxyl groups excluding tert-OH is 1. The van der Waals surface area contributed by atoms with Gasteiger partial charge in [0.05, 0.1) is 18.5 Å². The van der Waals surface area contributed by atoms with Gasteiger partial charge in [-0.2, -0.15) is 5.10 Å². The number of hydrogen-bond donors (Lipinski definition) is 4. The minimum absolute atomic E-state index is 0.0172. The van der Waals surface area contributed by atoms with Crippen molar-refractivity contribution in [2.24, 2.45) is 0 Å². The SMILES string of the molecule is CC(C)(C)OC(=O)[C@H](CO)NC(=O)c1cc(C(=O)NCc2ccc3c(c2)NC(=O)CO3)nc2c(F)cnn12. The van der Waals surface area contributed by atoms with Crippen molar-refractivity contribution in [3.8, 4) is 5.75 Å². The summed E-state index contributed by atoms with van der Waals surface area (Å²) in [6.07, 6.45) is 0.821. The van der Waals surface area contributed by atoms with E-state index in [1.807, 2.05) is 0 Å². The van der Waals surface area contributed by atoms with Gasteiger partial charge in [-0.25, -0.2) is 18.7 Å². The lowest BCUT2D eigenvalue weighted by atomic mass is 10.1. The summed E-state index contributed by atoms with van der Waals surface area (Å²) >= 11 is 0. The number of carbonyl (C=O) groups excluding carboxylic acids is 4. The number of carbonyl (C=O) groups is 4. The van der Waals surface area contributed by atoms with E-state index >= 15 is 0 Å². The molecule has 1 aliphatic heterocycles. The van der Waals surface area contributed by atoms with Crippen molar-refractivity contribution >= 4 is 35.0 Å². The Kier molecular flexibility index (Phi) is 7.26. The third-order valence-electron chi connectivity index (χ3n) is 5.20. The minimum atomic E-state index is -1.42. The van der Waals surface area contributed by atoms with Crippen molar-refractivity contribution in [1.29, 1.82) is 0 Å². The Labute approximate surface area is 215 Å². The second-order valence-corrected chi connectivity index (χ2v) is 9.35. The molecule has 3 heterocycles. The fraction of sp³-hybridized carbons (Fsp3) is 0.333. The molecule has 2 aromatic heterocycles. The van der Waals surface area contributed by atoms with E-state index in [1.165, 1.54) is 0 Å². The molecule has 0 unspecified atom stereocenters. The van der Waals surface area contributed by atoms with Gasteiger partial charge in [-0.15, -0.1) is 0 Å². The lowest BCUT2D eigenvalue weighted by molar-refractivity contribution is -0.158. The number of aromatic nitrogens is 3. The lowest BCUT2D eigenvalue weighted by Crippen LogP contribution is -2.47. The number of benzene rings is 1. The van der Waals surface area contributed by atoms with E-state index in [0.717, 1.165) is 16.8 Å². The summed E-state index contributed by atoms with van der Waals surface area (Å²) in [5, 5.41) is 21.0. The molecule has 0 fully saturated rings. The average molecular weight is 528 g/mol. The third kappa shape index (κ3) is 5.86. The second kappa shape index (κ2) is 10.4. The van der Waals surface area contributed by atoms with Crippen molar-refractivity contribution in [3.63, 3.8) is 0 Å². The predicted molar refractivity (Wildman–Crippen MR) is 129 cm³/mol. The summed E-state index contributed by atoms with van der Waals surface area (Å²) in [5.41, 5.74) is -0.785. The van der Waals surface area contributed by atoms with Gasteiger partial charge in [0.15, 0.2) is 24.1 Å². The van der Waals surface area contributed by atoms with Crippen molar-refractivity contribution in [2.45, 2.75) is 39.0 Å². The van der Waals surface area contributed by atoms with Gasteiger partial charge < -0.3 is 30.5 Å². The first-order valence-corrected chi connectivity index (χ1v) is 11.5. The number of fused-ring (bicyclic) bond motifs is 2. The number of nitrogens with zero attached hydrogens (tertiary/aromatic N) is 3. The van der Waals surface area contributed by atoms with Crippen molar-refractivity contribution in [3.05, 3.63) is 53.2 Å². The van der Waals surface area contributed by atoms with Crippen LogP contribution in [0.3, 0.4) is 0 Å². The van der Waals surface area contributed by atoms with Crippen LogP contribution >= 0.6 is 0 Å². The van der Waals surface area contributed by atoms with Gasteiger partial charge in [-0.3, -0.25) is 14.4 Å². The standard InChI is InChI=1S/C24H25FN6O7/c1-24(2,3)38-23(36)16(10-32)30-22(35)17-7-15(29-20-13(25)9-27-31(17)20)21(34)26-8-12-4-5-18-14(6-12)28-19(33)11-37-18/h4-7,9,16,32H,8,10-11H2,1-3H3,(H,26,34)(H,28,33)(H,30,35)/t16-/m0/s1. The van der Waals surface area contributed by atoms with Gasteiger partial charge >= 0.3 is 5.97 Å². The van der Waals surface area contributed by atoms with Crippen LogP contribution in [0.4, 0.5) is 10.1 Å². The van der Waals surface area contributed by atoms with Crippen molar-refractivity contribution in [2.75, 3.05) is 18.5 Å². The van der Waals surface area contributed by atoms with E-state index in [2.05, 4.69) is 26.0 Å². The highest BCUT2D eigenvalue weighted by atomic mass is 19.1. The number of esters is 1. The number of rotatable bonds is 7. The third-order valence-corrected chi connectivity index (χ3v) is 5.20. The number of aliphatic hydroxyl groups is 1. The molecule has 3 amide bonds. The molecule has 0 saturated carbocycles. The molecular weight excluding hydrogens is 503 g/mol. The molecule has 0 spiro atoms. The number of ether oxygens (including phenoxy) is 2. The van der Waals surface area contributed by atoms with Crippen LogP contribution in [0.5, 0.6) is 5.75 Å². The molecule has 200 valence electrons. The zero-order valence-electron chi connectivity index (χ0n) is 20.7. The number of nitrogens with one attached hydrogen (secondary N) is 3. The molecule has 0 bridgehead atoms. The van der Waals surface area contributed by atoms with Gasteiger partial charge in [-0.05, 0) is 38.5 Å². The smallest absolute Gasteiger partial charge is 0.331 e. The first kappa shape index (κ1) is 26.5. The molecular formula is C24H25FN6O7. The number of anilines is 1. The maximum Gasteiger partial charge on any atom is 0.331 e. The lowest BCUT2D eigenvalue weighted by Gasteiger charge is -2.23. The summed E-state index contributed by atoms with van der Waals surface area (Å²) in [4.78, 5) is 53.7. The molecule has 14 heteroatoms. The van der Waals surface area contributed by atoms with Crippen LogP contribution in [0.1, 0.15) is 47.3 Å². The Bertz CT molecular complexity index is 1430. The Morgan fingerprint density at radius 1 is 1.26 bits per heavy atom. The summed E-state index contributed by atoms with van der Waals surface area (Å²) in [6.45, 7) is 4.04. The largest absolute Gasteiger partial charge is 0.482 e. The fourth-order valence-electron chi connectivity index (χ4n) is 3.51. The maximum absolute atomic E-state index is 14.3. The highest BCUT2D eigenvalue weighted by Crippen LogP contribution is 2.28. The zero-order valence-corrected chi connectivity index (χ0v) is 20.7. The van der Waals surface area contributed by atoms with Gasteiger partial charge in [-0.1, -0.05) is 6.07 Å². The van der Waals surface area contributed by atoms with Crippen LogP contribution in [-0.4, -0.2) is 68.3 Å². The van der Waals surface area contributed by atoms with E-state index in [9.17, 15) is 28.7 Å². The van der Waals surface area contributed by atoms with Gasteiger partial charge in [0.2, 0.25) is 0 Å². The first-order chi connectivity index (χ1) is 17.9. The van der Waals surface area contributed by atoms with E-state index in [-0.39, 0.29) is 30.4 Å². The number of halogens is 1. The van der Waals surface area contributed by atoms with Crippen LogP contribution in [-0.2, 0) is 20.9 Å². The molecule has 1 aromatic carbocycles. The topological polar surface area (TPSA) is 173 Å². The van der Waals surface area contributed by atoms with E-state index in [1.54, 1.807) is 39.0 Å². The molecule has 0 radical (unpaired) electrons. The molecule has 13 nitrogen and oxygen atoms in total. The van der Waals surface area contributed by atoms with Crippen LogP contribution < -0.4 is 20.7 Å². The number of amides is 3. The first-order valence-electron chi connectivity index (χ1n) is 11.5. The second-order valence-electron chi connectivity index (χ2n) is 9.35. The van der Waals surface area contributed by atoms with Crippen LogP contribution in [0, 0.1) is 5.82 Å². The summed E-state index contributed by atoms with van der Waals surface area (Å²) < 4.78 is 25.7. The molecule has 4 N–H and O–H groups in total. The molecule has 1 atom stereocenters. The highest BCUT2D eigenvalue weighted by Gasteiger charge is 2.28. The minimum Gasteiger partial charge on any atom is -0.482 e. The molecule has 4 rings (SSSR count). The monoisotopic (exact) mass is 528 g/mol. The Morgan fingerprint density at radius 3 is 2.74 bits per heavy atom. The normalized spacial score (nSPS) is 13.7. The molecule has 0 saturated heterocycles. The van der Waals surface area contributed by atoms with Crippen LogP contribution in [0.15, 0.2) is 30.5 Å². The molecule has 38 heavy (non-hydrogen) atoms.